The third-order valence-corrected chi connectivity index (χ3v) is 6.53. The Hall–Kier alpha value is -2.04. The molecule has 4 rings (SSSR count). The highest BCUT2D eigenvalue weighted by Gasteiger charge is 2.38. The summed E-state index contributed by atoms with van der Waals surface area (Å²) in [6.07, 6.45) is 2.95. The second kappa shape index (κ2) is 8.76. The molecule has 156 valence electrons. The Labute approximate surface area is 174 Å². The van der Waals surface area contributed by atoms with Crippen LogP contribution in [0, 0.1) is 10.8 Å². The van der Waals surface area contributed by atoms with Crippen molar-refractivity contribution in [1.82, 2.24) is 0 Å². The molecule has 2 heterocycles. The summed E-state index contributed by atoms with van der Waals surface area (Å²) in [5.41, 5.74) is 2.72. The van der Waals surface area contributed by atoms with Crippen molar-refractivity contribution in [3.05, 3.63) is 59.7 Å². The molecule has 0 aromatic heterocycles. The van der Waals surface area contributed by atoms with Crippen LogP contribution in [0.3, 0.4) is 0 Å². The zero-order valence-corrected chi connectivity index (χ0v) is 17.6. The largest absolute Gasteiger partial charge is 0.493 e. The van der Waals surface area contributed by atoms with E-state index in [0.717, 1.165) is 57.2 Å². The number of ether oxygens (including phenoxy) is 4. The lowest BCUT2D eigenvalue weighted by atomic mass is 9.84. The van der Waals surface area contributed by atoms with E-state index < -0.39 is 0 Å². The third-order valence-electron chi connectivity index (χ3n) is 6.53. The fraction of sp³-hybridized carbons (Fsp3) is 0.520. The maximum absolute atomic E-state index is 6.27. The van der Waals surface area contributed by atoms with E-state index in [2.05, 4.69) is 50.2 Å². The quantitative estimate of drug-likeness (QED) is 0.573. The van der Waals surface area contributed by atoms with Crippen molar-refractivity contribution in [3.8, 4) is 11.5 Å². The van der Waals surface area contributed by atoms with Crippen LogP contribution in [0.2, 0.25) is 0 Å². The van der Waals surface area contributed by atoms with E-state index >= 15 is 0 Å². The molecule has 2 aromatic carbocycles. The summed E-state index contributed by atoms with van der Waals surface area (Å²) < 4.78 is 23.4. The second-order valence-corrected chi connectivity index (χ2v) is 8.66. The second-order valence-electron chi connectivity index (χ2n) is 8.66. The van der Waals surface area contributed by atoms with Crippen molar-refractivity contribution < 1.29 is 18.9 Å². The Bertz CT molecular complexity index is 729. The van der Waals surface area contributed by atoms with Gasteiger partial charge in [0.15, 0.2) is 0 Å². The van der Waals surface area contributed by atoms with Gasteiger partial charge in [0.1, 0.15) is 11.5 Å². The standard InChI is InChI=1S/C25H32O4/c1-3-24(14-26-15-24)18-28-22-11-7-5-9-20(22)13-21-10-6-8-12-23(21)29-19-25(4-2)16-27-17-25/h5-12H,3-4,13-19H2,1-2H3. The number of para-hydroxylation sites is 2. The first-order valence-electron chi connectivity index (χ1n) is 10.7. The Balaban J connectivity index is 1.45. The number of rotatable bonds is 10. The SMILES string of the molecule is CCC1(COc2ccccc2Cc2ccccc2OCC2(CC)COC2)COC1. The monoisotopic (exact) mass is 396 g/mol. The predicted molar refractivity (Wildman–Crippen MR) is 114 cm³/mol. The number of hydrogen-bond donors (Lipinski definition) is 0. The maximum atomic E-state index is 6.27. The van der Waals surface area contributed by atoms with Gasteiger partial charge in [-0.2, -0.15) is 0 Å². The van der Waals surface area contributed by atoms with Crippen LogP contribution in [0.5, 0.6) is 11.5 Å². The summed E-state index contributed by atoms with van der Waals surface area (Å²) in [7, 11) is 0. The molecule has 2 aromatic rings. The molecule has 2 fully saturated rings. The van der Waals surface area contributed by atoms with Crippen molar-refractivity contribution in [2.24, 2.45) is 10.8 Å². The van der Waals surface area contributed by atoms with E-state index in [1.807, 2.05) is 12.1 Å². The molecule has 0 aliphatic carbocycles. The minimum atomic E-state index is 0.174. The van der Waals surface area contributed by atoms with Gasteiger partial charge in [0.25, 0.3) is 0 Å². The first-order chi connectivity index (χ1) is 14.2. The molecule has 0 N–H and O–H groups in total. The van der Waals surface area contributed by atoms with Crippen LogP contribution in [0.1, 0.15) is 37.8 Å². The van der Waals surface area contributed by atoms with Gasteiger partial charge >= 0.3 is 0 Å². The average Bonchev–Trinajstić information content (AvgIpc) is 2.69. The van der Waals surface area contributed by atoms with Gasteiger partial charge in [-0.25, -0.2) is 0 Å². The van der Waals surface area contributed by atoms with Gasteiger partial charge in [-0.15, -0.1) is 0 Å². The Kier molecular flexibility index (Phi) is 6.12. The van der Waals surface area contributed by atoms with E-state index in [1.54, 1.807) is 0 Å². The van der Waals surface area contributed by atoms with Crippen molar-refractivity contribution >= 4 is 0 Å². The van der Waals surface area contributed by atoms with Crippen LogP contribution in [0.25, 0.3) is 0 Å². The van der Waals surface area contributed by atoms with Crippen molar-refractivity contribution in [2.45, 2.75) is 33.1 Å². The van der Waals surface area contributed by atoms with E-state index in [0.29, 0.717) is 13.2 Å². The lowest BCUT2D eigenvalue weighted by Crippen LogP contribution is -2.46. The fourth-order valence-electron chi connectivity index (χ4n) is 3.81. The average molecular weight is 397 g/mol. The van der Waals surface area contributed by atoms with Crippen LogP contribution < -0.4 is 9.47 Å². The van der Waals surface area contributed by atoms with Gasteiger partial charge in [-0.1, -0.05) is 50.2 Å². The smallest absolute Gasteiger partial charge is 0.122 e. The summed E-state index contributed by atoms with van der Waals surface area (Å²) in [5.74, 6) is 1.92. The van der Waals surface area contributed by atoms with Crippen LogP contribution in [0.15, 0.2) is 48.5 Å². The lowest BCUT2D eigenvalue weighted by Gasteiger charge is -2.40. The number of benzene rings is 2. The molecule has 0 saturated carbocycles. The zero-order chi connectivity index (χ0) is 20.2. The van der Waals surface area contributed by atoms with Crippen LogP contribution in [-0.4, -0.2) is 39.6 Å². The molecule has 0 unspecified atom stereocenters. The highest BCUT2D eigenvalue weighted by atomic mass is 16.5. The summed E-state index contributed by atoms with van der Waals surface area (Å²) in [6.45, 7) is 9.02. The molecular weight excluding hydrogens is 364 g/mol. The molecule has 29 heavy (non-hydrogen) atoms. The highest BCUT2D eigenvalue weighted by Crippen LogP contribution is 2.35. The Morgan fingerprint density at radius 3 is 1.45 bits per heavy atom. The highest BCUT2D eigenvalue weighted by molar-refractivity contribution is 5.42. The van der Waals surface area contributed by atoms with Gasteiger partial charge in [-0.05, 0) is 36.1 Å². The summed E-state index contributed by atoms with van der Waals surface area (Å²) >= 11 is 0. The van der Waals surface area contributed by atoms with Crippen molar-refractivity contribution in [3.63, 3.8) is 0 Å². The van der Waals surface area contributed by atoms with E-state index in [1.165, 1.54) is 11.1 Å². The minimum absolute atomic E-state index is 0.174. The molecule has 4 heteroatoms. The molecule has 0 radical (unpaired) electrons. The van der Waals surface area contributed by atoms with Gasteiger partial charge in [-0.3, -0.25) is 0 Å². The predicted octanol–water partition coefficient (Wildman–Crippen LogP) is 4.89. The summed E-state index contributed by atoms with van der Waals surface area (Å²) in [4.78, 5) is 0. The lowest BCUT2D eigenvalue weighted by molar-refractivity contribution is -0.133. The molecule has 4 nitrogen and oxygen atoms in total. The summed E-state index contributed by atoms with van der Waals surface area (Å²) in [6, 6.07) is 16.7. The van der Waals surface area contributed by atoms with Crippen LogP contribution in [-0.2, 0) is 15.9 Å². The molecule has 2 aliphatic heterocycles. The molecule has 0 atom stereocenters. The van der Waals surface area contributed by atoms with Crippen LogP contribution in [0.4, 0.5) is 0 Å². The molecule has 0 bridgehead atoms. The third kappa shape index (κ3) is 4.44. The van der Waals surface area contributed by atoms with Gasteiger partial charge in [0, 0.05) is 6.42 Å². The van der Waals surface area contributed by atoms with E-state index in [-0.39, 0.29) is 10.8 Å². The van der Waals surface area contributed by atoms with Crippen LogP contribution >= 0.6 is 0 Å². The van der Waals surface area contributed by atoms with Crippen molar-refractivity contribution in [1.29, 1.82) is 0 Å². The van der Waals surface area contributed by atoms with Crippen molar-refractivity contribution in [2.75, 3.05) is 39.6 Å². The fourth-order valence-corrected chi connectivity index (χ4v) is 3.81. The summed E-state index contributed by atoms with van der Waals surface area (Å²) in [5, 5.41) is 0. The topological polar surface area (TPSA) is 36.9 Å². The normalized spacial score (nSPS) is 19.1. The molecule has 2 aliphatic rings. The Morgan fingerprint density at radius 1 is 0.690 bits per heavy atom. The van der Waals surface area contributed by atoms with Gasteiger partial charge in [0.2, 0.25) is 0 Å². The van der Waals surface area contributed by atoms with Gasteiger partial charge < -0.3 is 18.9 Å². The minimum Gasteiger partial charge on any atom is -0.493 e. The van der Waals surface area contributed by atoms with E-state index in [4.69, 9.17) is 18.9 Å². The maximum Gasteiger partial charge on any atom is 0.122 e. The number of hydrogen-bond acceptors (Lipinski definition) is 4. The molecule has 0 amide bonds. The Morgan fingerprint density at radius 2 is 1.10 bits per heavy atom. The van der Waals surface area contributed by atoms with Gasteiger partial charge in [0.05, 0.1) is 50.5 Å². The molecular formula is C25H32O4. The zero-order valence-electron chi connectivity index (χ0n) is 17.6. The molecule has 0 spiro atoms. The first kappa shape index (κ1) is 20.2. The molecule has 2 saturated heterocycles. The van der Waals surface area contributed by atoms with E-state index in [9.17, 15) is 0 Å². The first-order valence-corrected chi connectivity index (χ1v) is 10.7.